The summed E-state index contributed by atoms with van der Waals surface area (Å²) in [4.78, 5) is 16.2. The van der Waals surface area contributed by atoms with Crippen LogP contribution in [0.5, 0.6) is 17.2 Å². The van der Waals surface area contributed by atoms with Crippen molar-refractivity contribution in [2.45, 2.75) is 11.6 Å². The predicted molar refractivity (Wildman–Crippen MR) is 135 cm³/mol. The molecule has 0 saturated carbocycles. The number of aromatic nitrogens is 2. The van der Waals surface area contributed by atoms with Crippen molar-refractivity contribution < 1.29 is 27.4 Å². The predicted octanol–water partition coefficient (Wildman–Crippen LogP) is 4.00. The van der Waals surface area contributed by atoms with Gasteiger partial charge >= 0.3 is 0 Å². The highest BCUT2D eigenvalue weighted by Gasteiger charge is 2.18. The zero-order valence-electron chi connectivity index (χ0n) is 19.2. The van der Waals surface area contributed by atoms with Crippen LogP contribution in [0.25, 0.3) is 6.08 Å². The Morgan fingerprint density at radius 3 is 2.58 bits per heavy atom. The van der Waals surface area contributed by atoms with Gasteiger partial charge in [0.15, 0.2) is 11.5 Å². The number of anilines is 1. The van der Waals surface area contributed by atoms with Crippen molar-refractivity contribution in [2.24, 2.45) is 0 Å². The molecule has 0 spiro atoms. The lowest BCUT2D eigenvalue weighted by Crippen LogP contribution is -2.13. The zero-order valence-corrected chi connectivity index (χ0v) is 21.6. The first-order valence-corrected chi connectivity index (χ1v) is 13.4. The molecule has 1 heterocycles. The topological polar surface area (TPSA) is 140 Å². The van der Waals surface area contributed by atoms with Gasteiger partial charge in [0.25, 0.3) is 11.1 Å². The van der Waals surface area contributed by atoms with Gasteiger partial charge in [-0.25, -0.2) is 8.42 Å². The third-order valence-electron chi connectivity index (χ3n) is 4.43. The number of methoxy groups -OCH3 is 1. The highest BCUT2D eigenvalue weighted by Crippen LogP contribution is 2.37. The number of nitrogens with zero attached hydrogens (tertiary/aromatic N) is 3. The highest BCUT2D eigenvalue weighted by molar-refractivity contribution is 7.90. The lowest BCUT2D eigenvalue weighted by Gasteiger charge is -2.14. The van der Waals surface area contributed by atoms with Gasteiger partial charge in [-0.3, -0.25) is 10.1 Å². The minimum absolute atomic E-state index is 0.0582. The quantitative estimate of drug-likeness (QED) is 0.214. The van der Waals surface area contributed by atoms with E-state index in [2.05, 4.69) is 14.7 Å². The first kappa shape index (κ1) is 26.9. The Bertz CT molecular complexity index is 1400. The van der Waals surface area contributed by atoms with Gasteiger partial charge in [0.2, 0.25) is 15.0 Å². The van der Waals surface area contributed by atoms with E-state index in [9.17, 15) is 18.5 Å². The summed E-state index contributed by atoms with van der Waals surface area (Å²) in [7, 11) is -2.18. The van der Waals surface area contributed by atoms with Crippen LogP contribution in [0.4, 0.5) is 5.13 Å². The number of carbonyl (C=O) groups is 1. The first-order chi connectivity index (χ1) is 17.2. The molecule has 0 aliphatic carbocycles. The summed E-state index contributed by atoms with van der Waals surface area (Å²) in [6.07, 6.45) is 2.85. The normalized spacial score (nSPS) is 11.4. The number of rotatable bonds is 11. The Labute approximate surface area is 217 Å². The van der Waals surface area contributed by atoms with Gasteiger partial charge in [-0.05, 0) is 35.9 Å². The van der Waals surface area contributed by atoms with Gasteiger partial charge in [0, 0.05) is 24.2 Å². The van der Waals surface area contributed by atoms with Crippen LogP contribution in [-0.2, 0) is 14.6 Å². The molecular weight excluding hydrogens is 528 g/mol. The summed E-state index contributed by atoms with van der Waals surface area (Å²) in [5, 5.41) is 11.6. The maximum absolute atomic E-state index is 12.5. The van der Waals surface area contributed by atoms with E-state index in [1.54, 1.807) is 12.1 Å². The van der Waals surface area contributed by atoms with E-state index in [4.69, 9.17) is 25.8 Å². The average Bonchev–Trinajstić information content (AvgIpc) is 3.33. The molecule has 13 heteroatoms. The monoisotopic (exact) mass is 548 g/mol. The molecular formula is C23H21ClN4O6S2. The van der Waals surface area contributed by atoms with Gasteiger partial charge in [-0.2, -0.15) is 14.6 Å². The van der Waals surface area contributed by atoms with Crippen molar-refractivity contribution in [1.82, 2.24) is 9.36 Å². The second-order valence-corrected chi connectivity index (χ2v) is 10.2. The SMILES string of the molecule is COc1cc(/C=C(/C#N)C(=O)Nc2nc(S(C)(=O)=O)ns2)cc(Cl)c1OCCCOc1ccccc1. The van der Waals surface area contributed by atoms with Crippen molar-refractivity contribution in [2.75, 3.05) is 31.9 Å². The number of nitriles is 1. The van der Waals surface area contributed by atoms with E-state index in [0.717, 1.165) is 12.0 Å². The van der Waals surface area contributed by atoms with Gasteiger partial charge in [-0.1, -0.05) is 29.8 Å². The minimum Gasteiger partial charge on any atom is -0.493 e. The lowest BCUT2D eigenvalue weighted by molar-refractivity contribution is -0.112. The van der Waals surface area contributed by atoms with Crippen LogP contribution in [0.3, 0.4) is 0 Å². The van der Waals surface area contributed by atoms with Crippen LogP contribution in [0.15, 0.2) is 53.2 Å². The van der Waals surface area contributed by atoms with E-state index in [1.807, 2.05) is 30.3 Å². The number of hydrogen-bond donors (Lipinski definition) is 1. The first-order valence-electron chi connectivity index (χ1n) is 10.4. The maximum atomic E-state index is 12.5. The third kappa shape index (κ3) is 7.42. The van der Waals surface area contributed by atoms with Crippen molar-refractivity contribution in [3.05, 3.63) is 58.6 Å². The fraction of sp³-hybridized carbons (Fsp3) is 0.217. The Balaban J connectivity index is 1.66. The standard InChI is InChI=1S/C23H21ClN4O6S2/c1-32-19-13-15(11-16(14-25)21(29)26-22-27-23(28-35-22)36(2,30)31)12-18(24)20(19)34-10-6-9-33-17-7-4-3-5-8-17/h3-5,7-8,11-13H,6,9-10H2,1-2H3,(H,26,27,28,29)/b16-11-. The van der Waals surface area contributed by atoms with E-state index in [0.29, 0.717) is 48.2 Å². The Morgan fingerprint density at radius 2 is 1.94 bits per heavy atom. The van der Waals surface area contributed by atoms with Gasteiger partial charge in [-0.15, -0.1) is 0 Å². The molecule has 0 unspecified atom stereocenters. The second kappa shape index (κ2) is 12.3. The molecule has 0 radical (unpaired) electrons. The Kier molecular flexibility index (Phi) is 9.24. The van der Waals surface area contributed by atoms with E-state index >= 15 is 0 Å². The van der Waals surface area contributed by atoms with Crippen molar-refractivity contribution in [3.8, 4) is 23.3 Å². The average molecular weight is 549 g/mol. The zero-order chi connectivity index (χ0) is 26.1. The van der Waals surface area contributed by atoms with E-state index in [-0.39, 0.29) is 15.7 Å². The summed E-state index contributed by atoms with van der Waals surface area (Å²) in [5.41, 5.74) is 0.147. The Hall–Kier alpha value is -3.66. The van der Waals surface area contributed by atoms with Crippen LogP contribution in [0, 0.1) is 11.3 Å². The number of nitrogens with one attached hydrogen (secondary N) is 1. The molecule has 2 aromatic carbocycles. The number of ether oxygens (including phenoxy) is 3. The molecule has 36 heavy (non-hydrogen) atoms. The number of halogens is 1. The maximum Gasteiger partial charge on any atom is 0.268 e. The molecule has 10 nitrogen and oxygen atoms in total. The number of sulfone groups is 1. The van der Waals surface area contributed by atoms with Crippen LogP contribution in [-0.4, -0.2) is 50.3 Å². The fourth-order valence-corrected chi connectivity index (χ4v) is 4.51. The van der Waals surface area contributed by atoms with Crippen molar-refractivity contribution >= 4 is 50.1 Å². The molecule has 1 aromatic heterocycles. The number of carbonyl (C=O) groups excluding carboxylic acids is 1. The fourth-order valence-electron chi connectivity index (χ4n) is 2.79. The van der Waals surface area contributed by atoms with Crippen molar-refractivity contribution in [3.63, 3.8) is 0 Å². The molecule has 1 N–H and O–H groups in total. The minimum atomic E-state index is -3.62. The van der Waals surface area contributed by atoms with Crippen LogP contribution in [0.1, 0.15) is 12.0 Å². The number of para-hydroxylation sites is 1. The molecule has 1 amide bonds. The summed E-state index contributed by atoms with van der Waals surface area (Å²) in [6, 6.07) is 14.3. The molecule has 3 aromatic rings. The molecule has 0 aliphatic heterocycles. The Morgan fingerprint density at radius 1 is 1.22 bits per heavy atom. The number of hydrogen-bond acceptors (Lipinski definition) is 10. The molecule has 0 atom stereocenters. The van der Waals surface area contributed by atoms with Crippen LogP contribution in [0.2, 0.25) is 5.02 Å². The number of benzene rings is 2. The number of amides is 1. The van der Waals surface area contributed by atoms with Crippen LogP contribution >= 0.6 is 23.1 Å². The van der Waals surface area contributed by atoms with Gasteiger partial charge in [0.05, 0.1) is 25.3 Å². The van der Waals surface area contributed by atoms with Gasteiger partial charge < -0.3 is 14.2 Å². The van der Waals surface area contributed by atoms with Crippen LogP contribution < -0.4 is 19.5 Å². The van der Waals surface area contributed by atoms with Crippen molar-refractivity contribution in [1.29, 1.82) is 5.26 Å². The molecule has 0 saturated heterocycles. The summed E-state index contributed by atoms with van der Waals surface area (Å²) < 4.78 is 43.5. The summed E-state index contributed by atoms with van der Waals surface area (Å²) in [6.45, 7) is 0.771. The van der Waals surface area contributed by atoms with E-state index < -0.39 is 20.9 Å². The highest BCUT2D eigenvalue weighted by atomic mass is 35.5. The largest absolute Gasteiger partial charge is 0.493 e. The molecule has 0 fully saturated rings. The smallest absolute Gasteiger partial charge is 0.268 e. The third-order valence-corrected chi connectivity index (χ3v) is 6.31. The molecule has 188 valence electrons. The summed E-state index contributed by atoms with van der Waals surface area (Å²) in [5.74, 6) is 0.615. The van der Waals surface area contributed by atoms with E-state index in [1.165, 1.54) is 19.3 Å². The second-order valence-electron chi connectivity index (χ2n) is 7.18. The van der Waals surface area contributed by atoms with Gasteiger partial charge in [0.1, 0.15) is 17.4 Å². The molecule has 0 bridgehead atoms. The molecule has 0 aliphatic rings. The summed E-state index contributed by atoms with van der Waals surface area (Å²) >= 11 is 7.06. The molecule has 3 rings (SSSR count). The lowest BCUT2D eigenvalue weighted by atomic mass is 10.1.